The molecule has 1 aromatic rings. The molecule has 1 atom stereocenters. The fourth-order valence-corrected chi connectivity index (χ4v) is 2.02. The Labute approximate surface area is 123 Å². The summed E-state index contributed by atoms with van der Waals surface area (Å²) >= 11 is 0. The predicted molar refractivity (Wildman–Crippen MR) is 76.9 cm³/mol. The zero-order valence-electron chi connectivity index (χ0n) is 12.2. The summed E-state index contributed by atoms with van der Waals surface area (Å²) in [5, 5.41) is 3.32. The molecule has 0 heterocycles. The number of benzene rings is 1. The van der Waals surface area contributed by atoms with Gasteiger partial charge >= 0.3 is 6.36 Å². The number of ether oxygens (including phenoxy) is 1. The smallest absolute Gasteiger partial charge is 0.406 e. The molecule has 6 heteroatoms. The van der Waals surface area contributed by atoms with Crippen LogP contribution in [0.25, 0.3) is 0 Å². The maximum atomic E-state index is 12.0. The van der Waals surface area contributed by atoms with Crippen LogP contribution in [0.2, 0.25) is 0 Å². The molecule has 120 valence electrons. The molecule has 0 amide bonds. The fraction of sp³-hybridized carbons (Fsp3) is 0.600. The Morgan fingerprint density at radius 1 is 1.19 bits per heavy atom. The third-order valence-electron chi connectivity index (χ3n) is 3.19. The largest absolute Gasteiger partial charge is 0.573 e. The molecule has 0 saturated carbocycles. The average Bonchev–Trinajstić information content (AvgIpc) is 2.42. The quantitative estimate of drug-likeness (QED) is 0.686. The van der Waals surface area contributed by atoms with E-state index in [4.69, 9.17) is 5.73 Å². The number of nitrogens with one attached hydrogen (secondary N) is 1. The van der Waals surface area contributed by atoms with Gasteiger partial charge in [0.1, 0.15) is 5.75 Å². The van der Waals surface area contributed by atoms with Crippen molar-refractivity contribution in [2.45, 2.75) is 51.6 Å². The summed E-state index contributed by atoms with van der Waals surface area (Å²) in [6.45, 7) is 3.29. The van der Waals surface area contributed by atoms with Crippen molar-refractivity contribution in [3.05, 3.63) is 29.8 Å². The van der Waals surface area contributed by atoms with Gasteiger partial charge in [0.2, 0.25) is 0 Å². The molecule has 0 saturated heterocycles. The van der Waals surface area contributed by atoms with Gasteiger partial charge in [-0.25, -0.2) is 0 Å². The van der Waals surface area contributed by atoms with Crippen LogP contribution in [0.4, 0.5) is 13.2 Å². The molecule has 0 fully saturated rings. The maximum absolute atomic E-state index is 12.0. The van der Waals surface area contributed by atoms with E-state index in [2.05, 4.69) is 17.0 Å². The average molecular weight is 304 g/mol. The van der Waals surface area contributed by atoms with Gasteiger partial charge in [0.15, 0.2) is 0 Å². The summed E-state index contributed by atoms with van der Waals surface area (Å²) in [6, 6.07) is 6.11. The first-order valence-corrected chi connectivity index (χ1v) is 7.22. The number of halogens is 3. The zero-order valence-corrected chi connectivity index (χ0v) is 12.2. The van der Waals surface area contributed by atoms with Crippen LogP contribution in [-0.2, 0) is 6.54 Å². The Morgan fingerprint density at radius 2 is 1.86 bits per heavy atom. The van der Waals surface area contributed by atoms with Gasteiger partial charge in [-0.1, -0.05) is 38.3 Å². The molecule has 0 spiro atoms. The van der Waals surface area contributed by atoms with Gasteiger partial charge in [0.05, 0.1) is 0 Å². The van der Waals surface area contributed by atoms with Gasteiger partial charge in [-0.15, -0.1) is 13.2 Å². The van der Waals surface area contributed by atoms with Crippen molar-refractivity contribution in [1.82, 2.24) is 5.32 Å². The number of alkyl halides is 3. The Morgan fingerprint density at radius 3 is 2.38 bits per heavy atom. The number of nitrogens with two attached hydrogens (primary N) is 1. The molecule has 0 aliphatic rings. The van der Waals surface area contributed by atoms with Crippen LogP contribution in [0.5, 0.6) is 5.75 Å². The second kappa shape index (κ2) is 8.89. The van der Waals surface area contributed by atoms with Crippen LogP contribution in [0.15, 0.2) is 24.3 Å². The van der Waals surface area contributed by atoms with Crippen LogP contribution >= 0.6 is 0 Å². The first-order valence-electron chi connectivity index (χ1n) is 7.22. The monoisotopic (exact) mass is 304 g/mol. The van der Waals surface area contributed by atoms with Crippen LogP contribution in [0, 0.1) is 0 Å². The zero-order chi connectivity index (χ0) is 15.7. The molecule has 0 bridgehead atoms. The first kappa shape index (κ1) is 17.8. The lowest BCUT2D eigenvalue weighted by atomic mass is 10.1. The third kappa shape index (κ3) is 7.92. The van der Waals surface area contributed by atoms with Crippen molar-refractivity contribution in [3.63, 3.8) is 0 Å². The number of rotatable bonds is 9. The van der Waals surface area contributed by atoms with Crippen molar-refractivity contribution in [2.24, 2.45) is 5.73 Å². The van der Waals surface area contributed by atoms with E-state index < -0.39 is 6.36 Å². The van der Waals surface area contributed by atoms with Crippen molar-refractivity contribution >= 4 is 0 Å². The van der Waals surface area contributed by atoms with Crippen LogP contribution in [0.1, 0.15) is 38.2 Å². The molecule has 1 unspecified atom stereocenters. The Kier molecular flexibility index (Phi) is 7.53. The van der Waals surface area contributed by atoms with Gasteiger partial charge < -0.3 is 15.8 Å². The summed E-state index contributed by atoms with van der Waals surface area (Å²) in [7, 11) is 0. The highest BCUT2D eigenvalue weighted by Crippen LogP contribution is 2.22. The summed E-state index contributed by atoms with van der Waals surface area (Å²) in [4.78, 5) is 0. The topological polar surface area (TPSA) is 47.3 Å². The molecule has 0 aliphatic heterocycles. The summed E-state index contributed by atoms with van der Waals surface area (Å²) in [5.74, 6) is -0.204. The van der Waals surface area contributed by atoms with Crippen molar-refractivity contribution in [1.29, 1.82) is 0 Å². The SMILES string of the molecule is CCCCCC(CN)NCc1ccc(OC(F)(F)F)cc1. The molecule has 0 aromatic heterocycles. The lowest BCUT2D eigenvalue weighted by Crippen LogP contribution is -2.35. The van der Waals surface area contributed by atoms with Crippen LogP contribution < -0.4 is 15.8 Å². The highest BCUT2D eigenvalue weighted by Gasteiger charge is 2.30. The highest BCUT2D eigenvalue weighted by atomic mass is 19.4. The number of unbranched alkanes of at least 4 members (excludes halogenated alkanes) is 2. The van der Waals surface area contributed by atoms with Crippen molar-refractivity contribution in [2.75, 3.05) is 6.54 Å². The Bertz CT molecular complexity index is 393. The van der Waals surface area contributed by atoms with Crippen molar-refractivity contribution in [3.8, 4) is 5.75 Å². The van der Waals surface area contributed by atoms with Crippen LogP contribution in [0.3, 0.4) is 0 Å². The second-order valence-electron chi connectivity index (χ2n) is 5.00. The predicted octanol–water partition coefficient (Wildman–Crippen LogP) is 3.58. The molecular weight excluding hydrogens is 281 g/mol. The molecule has 1 rings (SSSR count). The summed E-state index contributed by atoms with van der Waals surface area (Å²) in [5.41, 5.74) is 6.61. The maximum Gasteiger partial charge on any atom is 0.573 e. The van der Waals surface area contributed by atoms with Gasteiger partial charge in [-0.3, -0.25) is 0 Å². The second-order valence-corrected chi connectivity index (χ2v) is 5.00. The standard InChI is InChI=1S/C15H23F3N2O/c1-2-3-4-5-13(10-19)20-11-12-6-8-14(9-7-12)21-15(16,17)18/h6-9,13,20H,2-5,10-11,19H2,1H3. The molecule has 3 N–H and O–H groups in total. The van der Waals surface area contributed by atoms with E-state index in [-0.39, 0.29) is 11.8 Å². The number of hydrogen-bond donors (Lipinski definition) is 2. The molecule has 0 radical (unpaired) electrons. The van der Waals surface area contributed by atoms with E-state index in [0.717, 1.165) is 24.8 Å². The van der Waals surface area contributed by atoms with Gasteiger partial charge in [0, 0.05) is 19.1 Å². The lowest BCUT2D eigenvalue weighted by molar-refractivity contribution is -0.274. The Hall–Kier alpha value is -1.27. The van der Waals surface area contributed by atoms with E-state index in [1.807, 2.05) is 0 Å². The summed E-state index contributed by atoms with van der Waals surface area (Å²) < 4.78 is 40.0. The van der Waals surface area contributed by atoms with E-state index in [9.17, 15) is 13.2 Å². The molecule has 1 aromatic carbocycles. The van der Waals surface area contributed by atoms with Gasteiger partial charge in [-0.2, -0.15) is 0 Å². The Balaban J connectivity index is 2.40. The molecular formula is C15H23F3N2O. The van der Waals surface area contributed by atoms with Crippen molar-refractivity contribution < 1.29 is 17.9 Å². The minimum Gasteiger partial charge on any atom is -0.406 e. The van der Waals surface area contributed by atoms with Gasteiger partial charge in [-0.05, 0) is 24.1 Å². The van der Waals surface area contributed by atoms with E-state index in [1.54, 1.807) is 12.1 Å². The third-order valence-corrected chi connectivity index (χ3v) is 3.19. The summed E-state index contributed by atoms with van der Waals surface area (Å²) in [6.07, 6.45) is -0.160. The highest BCUT2D eigenvalue weighted by molar-refractivity contribution is 5.27. The van der Waals surface area contributed by atoms with Gasteiger partial charge in [0.25, 0.3) is 0 Å². The van der Waals surface area contributed by atoms with E-state index >= 15 is 0 Å². The fourth-order valence-electron chi connectivity index (χ4n) is 2.02. The van der Waals surface area contributed by atoms with E-state index in [1.165, 1.54) is 18.6 Å². The minimum atomic E-state index is -4.65. The number of hydrogen-bond acceptors (Lipinski definition) is 3. The first-order chi connectivity index (χ1) is 9.94. The normalized spacial score (nSPS) is 13.2. The molecule has 21 heavy (non-hydrogen) atoms. The van der Waals surface area contributed by atoms with E-state index in [0.29, 0.717) is 13.1 Å². The lowest BCUT2D eigenvalue weighted by Gasteiger charge is -2.17. The molecule has 0 aliphatic carbocycles. The van der Waals surface area contributed by atoms with Crippen LogP contribution in [-0.4, -0.2) is 18.9 Å². The molecule has 3 nitrogen and oxygen atoms in total. The minimum absolute atomic E-state index is 0.204.